The second-order valence-corrected chi connectivity index (χ2v) is 5.36. The van der Waals surface area contributed by atoms with Crippen molar-refractivity contribution >= 4 is 34.8 Å². The van der Waals surface area contributed by atoms with Gasteiger partial charge in [-0.25, -0.2) is 9.59 Å². The van der Waals surface area contributed by atoms with Gasteiger partial charge in [-0.3, -0.25) is 0 Å². The molecule has 0 bridgehead atoms. The number of hydrogen-bond donors (Lipinski definition) is 2. The molecule has 0 amide bonds. The van der Waals surface area contributed by atoms with E-state index in [1.165, 1.54) is 19.2 Å². The van der Waals surface area contributed by atoms with Crippen molar-refractivity contribution in [3.05, 3.63) is 70.4 Å². The van der Waals surface area contributed by atoms with Crippen molar-refractivity contribution < 1.29 is 19.4 Å². The van der Waals surface area contributed by atoms with Gasteiger partial charge < -0.3 is 15.2 Å². The first-order valence-electron chi connectivity index (χ1n) is 7.09. The van der Waals surface area contributed by atoms with Crippen LogP contribution in [0.1, 0.15) is 22.8 Å². The van der Waals surface area contributed by atoms with E-state index in [1.807, 2.05) is 30.3 Å². The molecule has 0 saturated heterocycles. The topological polar surface area (TPSA) is 75.6 Å². The van der Waals surface area contributed by atoms with Crippen molar-refractivity contribution in [1.82, 2.24) is 0 Å². The molecule has 5 nitrogen and oxygen atoms in total. The molecule has 0 aliphatic carbocycles. The van der Waals surface area contributed by atoms with E-state index < -0.39 is 11.9 Å². The van der Waals surface area contributed by atoms with E-state index in [2.05, 4.69) is 5.32 Å². The number of esters is 1. The average molecular weight is 346 g/mol. The standard InChI is InChI=1S/C18H16ClNO4/c1-11(20-12-7-4-3-5-8-12)15(18(23)24-2)13-9-6-10-14(19)16(13)17(21)22/h3-10,20H,1-2H3,(H,21,22). The number of hydrogen-bond acceptors (Lipinski definition) is 4. The first-order chi connectivity index (χ1) is 11.5. The second kappa shape index (κ2) is 7.66. The monoisotopic (exact) mass is 345 g/mol. The van der Waals surface area contributed by atoms with Crippen LogP contribution in [0.4, 0.5) is 5.69 Å². The average Bonchev–Trinajstić information content (AvgIpc) is 2.55. The molecule has 124 valence electrons. The number of nitrogens with one attached hydrogen (secondary N) is 1. The van der Waals surface area contributed by atoms with Gasteiger partial charge in [0.1, 0.15) is 0 Å². The molecule has 0 spiro atoms. The first kappa shape index (κ1) is 17.6. The second-order valence-electron chi connectivity index (χ2n) is 4.95. The number of ether oxygens (including phenoxy) is 1. The molecular weight excluding hydrogens is 330 g/mol. The molecule has 0 atom stereocenters. The number of para-hydroxylation sites is 1. The van der Waals surface area contributed by atoms with E-state index in [-0.39, 0.29) is 21.7 Å². The number of carbonyl (C=O) groups excluding carboxylic acids is 1. The van der Waals surface area contributed by atoms with E-state index in [4.69, 9.17) is 16.3 Å². The highest BCUT2D eigenvalue weighted by Gasteiger charge is 2.24. The van der Waals surface area contributed by atoms with Crippen LogP contribution in [0.3, 0.4) is 0 Å². The van der Waals surface area contributed by atoms with Crippen LogP contribution in [-0.4, -0.2) is 24.2 Å². The number of rotatable bonds is 5. The minimum atomic E-state index is -1.22. The van der Waals surface area contributed by atoms with Crippen LogP contribution < -0.4 is 5.32 Å². The lowest BCUT2D eigenvalue weighted by molar-refractivity contribution is -0.133. The van der Waals surface area contributed by atoms with E-state index in [9.17, 15) is 14.7 Å². The van der Waals surface area contributed by atoms with Gasteiger partial charge in [-0.15, -0.1) is 0 Å². The Morgan fingerprint density at radius 2 is 1.75 bits per heavy atom. The summed E-state index contributed by atoms with van der Waals surface area (Å²) in [7, 11) is 1.24. The molecule has 2 N–H and O–H groups in total. The molecule has 2 rings (SSSR count). The smallest absolute Gasteiger partial charge is 0.340 e. The molecule has 6 heteroatoms. The molecule has 0 heterocycles. The van der Waals surface area contributed by atoms with E-state index in [0.717, 1.165) is 5.69 Å². The van der Waals surface area contributed by atoms with Crippen molar-refractivity contribution in [2.45, 2.75) is 6.92 Å². The van der Waals surface area contributed by atoms with Gasteiger partial charge in [0, 0.05) is 16.9 Å². The van der Waals surface area contributed by atoms with Gasteiger partial charge in [0.25, 0.3) is 0 Å². The largest absolute Gasteiger partial charge is 0.478 e. The summed E-state index contributed by atoms with van der Waals surface area (Å²) < 4.78 is 4.83. The summed E-state index contributed by atoms with van der Waals surface area (Å²) >= 11 is 6.01. The van der Waals surface area contributed by atoms with Gasteiger partial charge >= 0.3 is 11.9 Å². The van der Waals surface area contributed by atoms with Gasteiger partial charge in [0.2, 0.25) is 0 Å². The number of allylic oxidation sites excluding steroid dienone is 1. The maximum Gasteiger partial charge on any atom is 0.340 e. The summed E-state index contributed by atoms with van der Waals surface area (Å²) in [5.41, 5.74) is 1.38. The van der Waals surface area contributed by atoms with Crippen molar-refractivity contribution in [2.75, 3.05) is 12.4 Å². The molecule has 0 aliphatic heterocycles. The lowest BCUT2D eigenvalue weighted by atomic mass is 9.98. The fourth-order valence-corrected chi connectivity index (χ4v) is 2.57. The molecular formula is C18H16ClNO4. The van der Waals surface area contributed by atoms with Gasteiger partial charge in [-0.1, -0.05) is 41.9 Å². The molecule has 0 radical (unpaired) electrons. The molecule has 0 aromatic heterocycles. The number of aromatic carboxylic acids is 1. The van der Waals surface area contributed by atoms with Gasteiger partial charge in [-0.05, 0) is 25.1 Å². The molecule has 24 heavy (non-hydrogen) atoms. The van der Waals surface area contributed by atoms with Crippen LogP contribution >= 0.6 is 11.6 Å². The molecule has 0 saturated carbocycles. The highest BCUT2D eigenvalue weighted by molar-refractivity contribution is 6.34. The Bertz CT molecular complexity index is 800. The minimum absolute atomic E-state index is 0.0499. The quantitative estimate of drug-likeness (QED) is 0.631. The SMILES string of the molecule is COC(=O)C(=C(C)Nc1ccccc1)c1cccc(Cl)c1C(=O)O. The number of anilines is 1. The van der Waals surface area contributed by atoms with Crippen molar-refractivity contribution in [3.63, 3.8) is 0 Å². The van der Waals surface area contributed by atoms with E-state index in [1.54, 1.807) is 13.0 Å². The lowest BCUT2D eigenvalue weighted by Crippen LogP contribution is -2.14. The Hall–Kier alpha value is -2.79. The number of carboxylic acid groups (broad SMARTS) is 1. The third kappa shape index (κ3) is 3.75. The Morgan fingerprint density at radius 3 is 2.33 bits per heavy atom. The number of benzene rings is 2. The maximum absolute atomic E-state index is 12.3. The highest BCUT2D eigenvalue weighted by atomic mass is 35.5. The van der Waals surface area contributed by atoms with E-state index >= 15 is 0 Å². The van der Waals surface area contributed by atoms with Crippen LogP contribution in [0.5, 0.6) is 0 Å². The van der Waals surface area contributed by atoms with Gasteiger partial charge in [-0.2, -0.15) is 0 Å². The Kier molecular flexibility index (Phi) is 5.60. The summed E-state index contributed by atoms with van der Waals surface area (Å²) in [6.45, 7) is 1.67. The van der Waals surface area contributed by atoms with Crippen LogP contribution in [0.15, 0.2) is 54.2 Å². The van der Waals surface area contributed by atoms with Crippen LogP contribution in [0.2, 0.25) is 5.02 Å². The summed E-state index contributed by atoms with van der Waals surface area (Å²) in [6, 6.07) is 13.8. The Labute approximate surface area is 144 Å². The number of carbonyl (C=O) groups is 2. The normalized spacial score (nSPS) is 11.5. The molecule has 0 aliphatic rings. The van der Waals surface area contributed by atoms with Crippen LogP contribution in [0.25, 0.3) is 5.57 Å². The fourth-order valence-electron chi connectivity index (χ4n) is 2.32. The van der Waals surface area contributed by atoms with Crippen LogP contribution in [0, 0.1) is 0 Å². The zero-order chi connectivity index (χ0) is 17.7. The fraction of sp³-hybridized carbons (Fsp3) is 0.111. The Balaban J connectivity index is 2.62. The lowest BCUT2D eigenvalue weighted by Gasteiger charge is -2.15. The third-order valence-electron chi connectivity index (χ3n) is 3.37. The highest BCUT2D eigenvalue weighted by Crippen LogP contribution is 2.29. The van der Waals surface area contributed by atoms with E-state index in [0.29, 0.717) is 5.70 Å². The third-order valence-corrected chi connectivity index (χ3v) is 3.68. The molecule has 0 unspecified atom stereocenters. The van der Waals surface area contributed by atoms with Crippen LogP contribution in [-0.2, 0) is 9.53 Å². The number of methoxy groups -OCH3 is 1. The zero-order valence-corrected chi connectivity index (χ0v) is 13.9. The summed E-state index contributed by atoms with van der Waals surface area (Å²) in [4.78, 5) is 23.8. The zero-order valence-electron chi connectivity index (χ0n) is 13.2. The predicted octanol–water partition coefficient (Wildman–Crippen LogP) is 4.05. The summed E-state index contributed by atoms with van der Waals surface area (Å²) in [5, 5.41) is 12.6. The van der Waals surface area contributed by atoms with Crippen molar-refractivity contribution in [1.29, 1.82) is 0 Å². The minimum Gasteiger partial charge on any atom is -0.478 e. The van der Waals surface area contributed by atoms with Gasteiger partial charge in [0.05, 0.1) is 23.3 Å². The first-order valence-corrected chi connectivity index (χ1v) is 7.47. The molecule has 0 fully saturated rings. The summed E-state index contributed by atoms with van der Waals surface area (Å²) in [5.74, 6) is -1.87. The predicted molar refractivity (Wildman–Crippen MR) is 93.1 cm³/mol. The maximum atomic E-state index is 12.3. The van der Waals surface area contributed by atoms with Crippen molar-refractivity contribution in [3.8, 4) is 0 Å². The van der Waals surface area contributed by atoms with Gasteiger partial charge in [0.15, 0.2) is 0 Å². The Morgan fingerprint density at radius 1 is 1.08 bits per heavy atom. The molecule has 2 aromatic rings. The number of carboxylic acids is 1. The summed E-state index contributed by atoms with van der Waals surface area (Å²) in [6.07, 6.45) is 0. The molecule has 2 aromatic carbocycles. The van der Waals surface area contributed by atoms with Crippen molar-refractivity contribution in [2.24, 2.45) is 0 Å². The number of halogens is 1.